The summed E-state index contributed by atoms with van der Waals surface area (Å²) in [5.74, 6) is 0.559. The normalized spacial score (nSPS) is 25.1. The molecule has 0 radical (unpaired) electrons. The molecule has 6 nitrogen and oxygen atoms in total. The van der Waals surface area contributed by atoms with Crippen LogP contribution in [0.4, 0.5) is 5.69 Å². The van der Waals surface area contributed by atoms with Crippen LogP contribution in [0, 0.1) is 24.0 Å². The highest BCUT2D eigenvalue weighted by atomic mass is 16.6. The lowest BCUT2D eigenvalue weighted by atomic mass is 9.85. The number of nitro groups is 1. The minimum atomic E-state index is -0.382. The fraction of sp³-hybridized carbons (Fsp3) is 0.571. The van der Waals surface area contributed by atoms with Gasteiger partial charge in [-0.1, -0.05) is 0 Å². The van der Waals surface area contributed by atoms with E-state index in [1.54, 1.807) is 20.1 Å². The second-order valence-corrected chi connectivity index (χ2v) is 5.15. The quantitative estimate of drug-likeness (QED) is 0.659. The van der Waals surface area contributed by atoms with Gasteiger partial charge in [-0.15, -0.1) is 0 Å². The van der Waals surface area contributed by atoms with Gasteiger partial charge >= 0.3 is 0 Å². The smallest absolute Gasteiger partial charge is 0.276 e. The number of benzene rings is 1. The summed E-state index contributed by atoms with van der Waals surface area (Å²) in [6, 6.07) is 3.55. The number of nitrogens with zero attached hydrogens (tertiary/aromatic N) is 1. The number of methoxy groups -OCH3 is 1. The highest BCUT2D eigenvalue weighted by Crippen LogP contribution is 2.33. The van der Waals surface area contributed by atoms with Crippen LogP contribution in [0.15, 0.2) is 12.1 Å². The Kier molecular flexibility index (Phi) is 4.25. The molecule has 6 heteroatoms. The zero-order valence-electron chi connectivity index (χ0n) is 12.2. The van der Waals surface area contributed by atoms with Crippen molar-refractivity contribution >= 4 is 5.69 Å². The molecule has 1 saturated carbocycles. The van der Waals surface area contributed by atoms with Crippen molar-refractivity contribution in [2.75, 3.05) is 14.2 Å². The van der Waals surface area contributed by atoms with E-state index in [1.807, 2.05) is 14.0 Å². The molecule has 1 aromatic rings. The van der Waals surface area contributed by atoms with E-state index in [2.05, 4.69) is 5.32 Å². The lowest BCUT2D eigenvalue weighted by Gasteiger charge is -2.43. The summed E-state index contributed by atoms with van der Waals surface area (Å²) in [7, 11) is 3.53. The molecule has 0 aromatic heterocycles. The van der Waals surface area contributed by atoms with Gasteiger partial charge in [0, 0.05) is 25.1 Å². The number of nitrogens with one attached hydrogen (secondary N) is 1. The van der Waals surface area contributed by atoms with Crippen LogP contribution in [-0.4, -0.2) is 37.3 Å². The third kappa shape index (κ3) is 2.62. The second-order valence-electron chi connectivity index (χ2n) is 5.15. The van der Waals surface area contributed by atoms with Crippen LogP contribution in [0.25, 0.3) is 0 Å². The summed E-state index contributed by atoms with van der Waals surface area (Å²) in [4.78, 5) is 10.6. The fourth-order valence-corrected chi connectivity index (χ4v) is 2.60. The van der Waals surface area contributed by atoms with E-state index < -0.39 is 0 Å². The standard InChI is InChI=1S/C14H20N2O4/c1-8-5-9(2)12(7-11(8)16(17)18)20-13-6-10(15-3)14(13)19-4/h5,7,10,13-15H,6H2,1-4H3. The Morgan fingerprint density at radius 3 is 2.60 bits per heavy atom. The average molecular weight is 280 g/mol. The van der Waals surface area contributed by atoms with Gasteiger partial charge in [0.2, 0.25) is 0 Å². The lowest BCUT2D eigenvalue weighted by molar-refractivity contribution is -0.385. The maximum Gasteiger partial charge on any atom is 0.276 e. The molecule has 0 bridgehead atoms. The maximum atomic E-state index is 11.0. The summed E-state index contributed by atoms with van der Waals surface area (Å²) in [6.07, 6.45) is 0.731. The molecule has 20 heavy (non-hydrogen) atoms. The van der Waals surface area contributed by atoms with E-state index in [-0.39, 0.29) is 28.9 Å². The molecule has 1 fully saturated rings. The number of hydrogen-bond donors (Lipinski definition) is 1. The predicted molar refractivity (Wildman–Crippen MR) is 75.2 cm³/mol. The van der Waals surface area contributed by atoms with Crippen molar-refractivity contribution in [2.45, 2.75) is 38.5 Å². The van der Waals surface area contributed by atoms with Crippen LogP contribution in [0.1, 0.15) is 17.5 Å². The number of likely N-dealkylation sites (N-methyl/N-ethyl adjacent to an activating group) is 1. The van der Waals surface area contributed by atoms with Gasteiger partial charge in [-0.25, -0.2) is 0 Å². The minimum Gasteiger partial charge on any atom is -0.487 e. The van der Waals surface area contributed by atoms with Gasteiger partial charge in [0.1, 0.15) is 18.0 Å². The van der Waals surface area contributed by atoms with Crippen LogP contribution in [-0.2, 0) is 4.74 Å². The van der Waals surface area contributed by atoms with E-state index in [1.165, 1.54) is 6.07 Å². The van der Waals surface area contributed by atoms with Crippen molar-refractivity contribution in [3.05, 3.63) is 33.4 Å². The molecule has 2 rings (SSSR count). The molecule has 3 unspecified atom stereocenters. The number of ether oxygens (including phenoxy) is 2. The molecule has 0 saturated heterocycles. The first kappa shape index (κ1) is 14.7. The van der Waals surface area contributed by atoms with Crippen LogP contribution < -0.4 is 10.1 Å². The van der Waals surface area contributed by atoms with Crippen molar-refractivity contribution in [2.24, 2.45) is 0 Å². The van der Waals surface area contributed by atoms with Crippen LogP contribution in [0.3, 0.4) is 0 Å². The molecule has 1 aromatic carbocycles. The topological polar surface area (TPSA) is 73.6 Å². The van der Waals surface area contributed by atoms with E-state index in [4.69, 9.17) is 9.47 Å². The fourth-order valence-electron chi connectivity index (χ4n) is 2.60. The molecule has 110 valence electrons. The first-order valence-corrected chi connectivity index (χ1v) is 6.60. The van der Waals surface area contributed by atoms with Gasteiger partial charge in [-0.05, 0) is 32.5 Å². The van der Waals surface area contributed by atoms with Crippen molar-refractivity contribution < 1.29 is 14.4 Å². The molecule has 3 atom stereocenters. The first-order valence-electron chi connectivity index (χ1n) is 6.60. The summed E-state index contributed by atoms with van der Waals surface area (Å²) in [5, 5.41) is 14.1. The SMILES string of the molecule is CNC1CC(Oc2cc([N+](=O)[O-])c(C)cc2C)C1OC. The number of nitro benzene ring substituents is 1. The second kappa shape index (κ2) is 5.76. The summed E-state index contributed by atoms with van der Waals surface area (Å²) in [5.41, 5.74) is 1.63. The molecule has 0 aliphatic heterocycles. The van der Waals surface area contributed by atoms with Gasteiger partial charge in [-0.2, -0.15) is 0 Å². The van der Waals surface area contributed by atoms with Crippen molar-refractivity contribution in [3.63, 3.8) is 0 Å². The van der Waals surface area contributed by atoms with Crippen molar-refractivity contribution in [1.82, 2.24) is 5.32 Å². The molecule has 0 amide bonds. The third-order valence-corrected chi connectivity index (χ3v) is 3.86. The van der Waals surface area contributed by atoms with Gasteiger partial charge in [0.05, 0.1) is 11.0 Å². The molecule has 0 spiro atoms. The Balaban J connectivity index is 2.18. The monoisotopic (exact) mass is 280 g/mol. The average Bonchev–Trinajstić information content (AvgIpc) is 2.36. The molecular weight excluding hydrogens is 260 g/mol. The molecule has 1 aliphatic carbocycles. The van der Waals surface area contributed by atoms with Crippen LogP contribution in [0.5, 0.6) is 5.75 Å². The highest BCUT2D eigenvalue weighted by Gasteiger charge is 2.42. The van der Waals surface area contributed by atoms with Gasteiger partial charge in [0.15, 0.2) is 0 Å². The number of hydrogen-bond acceptors (Lipinski definition) is 5. The lowest BCUT2D eigenvalue weighted by Crippen LogP contribution is -2.60. The Labute approximate surface area is 118 Å². The highest BCUT2D eigenvalue weighted by molar-refractivity contribution is 5.49. The summed E-state index contributed by atoms with van der Waals surface area (Å²) < 4.78 is 11.3. The van der Waals surface area contributed by atoms with E-state index >= 15 is 0 Å². The zero-order valence-corrected chi connectivity index (χ0v) is 12.2. The Bertz CT molecular complexity index is 518. The minimum absolute atomic E-state index is 0.0280. The van der Waals surface area contributed by atoms with E-state index in [9.17, 15) is 10.1 Å². The Morgan fingerprint density at radius 1 is 1.35 bits per heavy atom. The molecule has 1 N–H and O–H groups in total. The molecular formula is C14H20N2O4. The van der Waals surface area contributed by atoms with Crippen LogP contribution >= 0.6 is 0 Å². The number of aryl methyl sites for hydroxylation is 2. The first-order chi connectivity index (χ1) is 9.47. The largest absolute Gasteiger partial charge is 0.487 e. The van der Waals surface area contributed by atoms with Gasteiger partial charge in [-0.3, -0.25) is 10.1 Å². The van der Waals surface area contributed by atoms with Crippen LogP contribution in [0.2, 0.25) is 0 Å². The van der Waals surface area contributed by atoms with Gasteiger partial charge < -0.3 is 14.8 Å². The zero-order chi connectivity index (χ0) is 14.9. The van der Waals surface area contributed by atoms with Gasteiger partial charge in [0.25, 0.3) is 5.69 Å². The Hall–Kier alpha value is -1.66. The number of rotatable bonds is 5. The molecule has 0 heterocycles. The van der Waals surface area contributed by atoms with Crippen molar-refractivity contribution in [3.8, 4) is 5.75 Å². The van der Waals surface area contributed by atoms with Crippen molar-refractivity contribution in [1.29, 1.82) is 0 Å². The predicted octanol–water partition coefficient (Wildman–Crippen LogP) is 1.97. The maximum absolute atomic E-state index is 11.0. The molecule has 1 aliphatic rings. The summed E-state index contributed by atoms with van der Waals surface area (Å²) in [6.45, 7) is 3.62. The van der Waals surface area contributed by atoms with E-state index in [0.717, 1.165) is 12.0 Å². The van der Waals surface area contributed by atoms with E-state index in [0.29, 0.717) is 11.3 Å². The summed E-state index contributed by atoms with van der Waals surface area (Å²) >= 11 is 0. The Morgan fingerprint density at radius 2 is 2.05 bits per heavy atom. The third-order valence-electron chi connectivity index (χ3n) is 3.86.